The van der Waals surface area contributed by atoms with Crippen LogP contribution in [0.5, 0.6) is 0 Å². The van der Waals surface area contributed by atoms with Crippen LogP contribution in [0.2, 0.25) is 0 Å². The molecule has 0 bridgehead atoms. The van der Waals surface area contributed by atoms with Gasteiger partial charge in [0.25, 0.3) is 0 Å². The highest BCUT2D eigenvalue weighted by Gasteiger charge is 2.34. The van der Waals surface area contributed by atoms with Crippen LogP contribution in [0.4, 0.5) is 17.3 Å². The average Bonchev–Trinajstić information content (AvgIpc) is 3.20. The van der Waals surface area contributed by atoms with E-state index in [1.165, 1.54) is 0 Å². The second-order valence-corrected chi connectivity index (χ2v) is 6.90. The first kappa shape index (κ1) is 15.2. The minimum Gasteiger partial charge on any atom is -0.454 e. The summed E-state index contributed by atoms with van der Waals surface area (Å²) in [6.07, 6.45) is 3.47. The van der Waals surface area contributed by atoms with Crippen molar-refractivity contribution in [3.05, 3.63) is 61.0 Å². The summed E-state index contributed by atoms with van der Waals surface area (Å²) in [5.41, 5.74) is 3.93. The van der Waals surface area contributed by atoms with Crippen molar-refractivity contribution in [1.29, 1.82) is 0 Å². The summed E-state index contributed by atoms with van der Waals surface area (Å²) in [5, 5.41) is 2.24. The molecular weight excluding hydrogens is 324 g/mol. The first-order chi connectivity index (χ1) is 12.6. The van der Waals surface area contributed by atoms with Crippen molar-refractivity contribution < 1.29 is 4.42 Å². The van der Waals surface area contributed by atoms with Crippen molar-refractivity contribution in [3.8, 4) is 0 Å². The number of hydrogen-bond donors (Lipinski definition) is 0. The lowest BCUT2D eigenvalue weighted by atomic mass is 10.1. The van der Waals surface area contributed by atoms with E-state index in [0.717, 1.165) is 44.8 Å². The van der Waals surface area contributed by atoms with E-state index in [2.05, 4.69) is 65.4 Å². The number of fused-ring (bicyclic) bond motifs is 4. The van der Waals surface area contributed by atoms with Crippen LogP contribution >= 0.6 is 0 Å². The van der Waals surface area contributed by atoms with Gasteiger partial charge in [0, 0.05) is 29.2 Å². The van der Waals surface area contributed by atoms with E-state index in [-0.39, 0.29) is 6.04 Å². The summed E-state index contributed by atoms with van der Waals surface area (Å²) in [4.78, 5) is 13.4. The lowest BCUT2D eigenvalue weighted by Crippen LogP contribution is -2.29. The molecule has 0 unspecified atom stereocenters. The minimum absolute atomic E-state index is 0.283. The molecule has 2 aromatic carbocycles. The molecule has 1 aliphatic rings. The lowest BCUT2D eigenvalue weighted by Gasteiger charge is -2.23. The highest BCUT2D eigenvalue weighted by atomic mass is 16.3. The summed E-state index contributed by atoms with van der Waals surface area (Å²) < 4.78 is 6.26. The van der Waals surface area contributed by atoms with Crippen molar-refractivity contribution in [3.63, 3.8) is 0 Å². The van der Waals surface area contributed by atoms with Gasteiger partial charge in [-0.3, -0.25) is 4.90 Å². The van der Waals surface area contributed by atoms with Crippen LogP contribution in [0.1, 0.15) is 19.4 Å². The standard InChI is InChI=1S/C21H19N4O/c1-13(2)24-12-25(21-20(24)22-10-11-23-21)18-14(3)8-9-16-15-6-4-5-7-17(15)26-19(16)18/h4-13H,1-3H3. The fourth-order valence-corrected chi connectivity index (χ4v) is 3.62. The van der Waals surface area contributed by atoms with Gasteiger partial charge in [0.2, 0.25) is 0 Å². The quantitative estimate of drug-likeness (QED) is 0.502. The third kappa shape index (κ3) is 2.03. The molecular formula is C21H19N4O. The highest BCUT2D eigenvalue weighted by Crippen LogP contribution is 2.46. The molecule has 4 aromatic rings. The van der Waals surface area contributed by atoms with Gasteiger partial charge in [-0.05, 0) is 32.4 Å². The number of nitrogens with zero attached hydrogens (tertiary/aromatic N) is 4. The van der Waals surface area contributed by atoms with E-state index in [1.54, 1.807) is 12.4 Å². The number of aromatic nitrogens is 2. The summed E-state index contributed by atoms with van der Waals surface area (Å²) in [5.74, 6) is 1.70. The topological polar surface area (TPSA) is 45.4 Å². The molecule has 0 saturated heterocycles. The zero-order valence-electron chi connectivity index (χ0n) is 15.0. The highest BCUT2D eigenvalue weighted by molar-refractivity contribution is 6.10. The number of furan rings is 1. The van der Waals surface area contributed by atoms with Crippen LogP contribution in [-0.2, 0) is 0 Å². The maximum absolute atomic E-state index is 6.26. The SMILES string of the molecule is Cc1ccc2c(oc3ccccc32)c1N1[CH]N(C(C)C)c2nccnc21. The van der Waals surface area contributed by atoms with Crippen LogP contribution in [0, 0.1) is 13.6 Å². The fourth-order valence-electron chi connectivity index (χ4n) is 3.62. The first-order valence-electron chi connectivity index (χ1n) is 8.79. The monoisotopic (exact) mass is 343 g/mol. The molecule has 0 spiro atoms. The molecule has 3 heterocycles. The molecule has 129 valence electrons. The van der Waals surface area contributed by atoms with Crippen LogP contribution in [0.3, 0.4) is 0 Å². The average molecular weight is 343 g/mol. The number of anilines is 3. The molecule has 2 aromatic heterocycles. The van der Waals surface area contributed by atoms with Gasteiger partial charge in [0.05, 0.1) is 5.69 Å². The van der Waals surface area contributed by atoms with Crippen molar-refractivity contribution in [1.82, 2.24) is 9.97 Å². The predicted molar refractivity (Wildman–Crippen MR) is 105 cm³/mol. The maximum atomic E-state index is 6.26. The molecule has 0 N–H and O–H groups in total. The fraction of sp³-hybridized carbons (Fsp3) is 0.190. The van der Waals surface area contributed by atoms with Gasteiger partial charge in [-0.25, -0.2) is 9.97 Å². The number of benzene rings is 2. The first-order valence-corrected chi connectivity index (χ1v) is 8.79. The molecule has 0 saturated carbocycles. The minimum atomic E-state index is 0.283. The smallest absolute Gasteiger partial charge is 0.178 e. The summed E-state index contributed by atoms with van der Waals surface area (Å²) in [6, 6.07) is 12.7. The van der Waals surface area contributed by atoms with Crippen LogP contribution in [-0.4, -0.2) is 16.0 Å². The molecule has 0 aliphatic carbocycles. The third-order valence-corrected chi connectivity index (χ3v) is 4.89. The molecule has 26 heavy (non-hydrogen) atoms. The van der Waals surface area contributed by atoms with E-state index in [1.807, 2.05) is 18.2 Å². The van der Waals surface area contributed by atoms with Crippen molar-refractivity contribution in [2.45, 2.75) is 26.8 Å². The summed E-state index contributed by atoms with van der Waals surface area (Å²) in [6.45, 7) is 8.47. The van der Waals surface area contributed by atoms with E-state index in [9.17, 15) is 0 Å². The number of para-hydroxylation sites is 1. The Balaban J connectivity index is 1.78. The normalized spacial score (nSPS) is 14.0. The molecule has 1 aliphatic heterocycles. The molecule has 5 rings (SSSR count). The van der Waals surface area contributed by atoms with E-state index < -0.39 is 0 Å². The largest absolute Gasteiger partial charge is 0.454 e. The van der Waals surface area contributed by atoms with Crippen LogP contribution in [0.15, 0.2) is 53.2 Å². The Morgan fingerprint density at radius 2 is 1.69 bits per heavy atom. The van der Waals surface area contributed by atoms with Crippen molar-refractivity contribution >= 4 is 39.3 Å². The Hall–Kier alpha value is -3.08. The lowest BCUT2D eigenvalue weighted by molar-refractivity contribution is 0.667. The number of aryl methyl sites for hydroxylation is 1. The zero-order valence-corrected chi connectivity index (χ0v) is 15.0. The third-order valence-electron chi connectivity index (χ3n) is 4.89. The van der Waals surface area contributed by atoms with Crippen LogP contribution < -0.4 is 9.80 Å². The van der Waals surface area contributed by atoms with E-state index >= 15 is 0 Å². The number of hydrogen-bond acceptors (Lipinski definition) is 5. The van der Waals surface area contributed by atoms with Gasteiger partial charge in [0.1, 0.15) is 12.3 Å². The van der Waals surface area contributed by atoms with Gasteiger partial charge in [-0.1, -0.05) is 30.3 Å². The Bertz CT molecular complexity index is 1130. The molecule has 0 amide bonds. The summed E-state index contributed by atoms with van der Waals surface area (Å²) in [7, 11) is 0. The second-order valence-electron chi connectivity index (χ2n) is 6.90. The van der Waals surface area contributed by atoms with E-state index in [0.29, 0.717) is 0 Å². The molecule has 1 radical (unpaired) electrons. The van der Waals surface area contributed by atoms with Crippen molar-refractivity contribution in [2.75, 3.05) is 9.80 Å². The maximum Gasteiger partial charge on any atom is 0.178 e. The Morgan fingerprint density at radius 1 is 0.923 bits per heavy atom. The van der Waals surface area contributed by atoms with Crippen molar-refractivity contribution in [2.24, 2.45) is 0 Å². The zero-order chi connectivity index (χ0) is 17.8. The van der Waals surface area contributed by atoms with E-state index in [4.69, 9.17) is 4.42 Å². The molecule has 5 heteroatoms. The summed E-state index contributed by atoms with van der Waals surface area (Å²) >= 11 is 0. The Morgan fingerprint density at radius 3 is 2.50 bits per heavy atom. The Labute approximate surface area is 151 Å². The number of rotatable bonds is 2. The van der Waals surface area contributed by atoms with Gasteiger partial charge < -0.3 is 9.32 Å². The predicted octanol–water partition coefficient (Wildman–Crippen LogP) is 5.17. The molecule has 0 atom stereocenters. The molecule has 0 fully saturated rings. The Kier molecular flexibility index (Phi) is 3.19. The van der Waals surface area contributed by atoms with Gasteiger partial charge >= 0.3 is 0 Å². The second kappa shape index (κ2) is 5.46. The van der Waals surface area contributed by atoms with Gasteiger partial charge in [-0.15, -0.1) is 0 Å². The van der Waals surface area contributed by atoms with Crippen LogP contribution in [0.25, 0.3) is 21.9 Å². The van der Waals surface area contributed by atoms with Gasteiger partial charge in [0.15, 0.2) is 17.2 Å². The van der Waals surface area contributed by atoms with Gasteiger partial charge in [-0.2, -0.15) is 0 Å². The molecule has 5 nitrogen and oxygen atoms in total.